The van der Waals surface area contributed by atoms with Gasteiger partial charge in [0, 0.05) is 42.6 Å². The highest BCUT2D eigenvalue weighted by Crippen LogP contribution is 2.61. The summed E-state index contributed by atoms with van der Waals surface area (Å²) in [5.41, 5.74) is 1.33. The Bertz CT molecular complexity index is 831. The first kappa shape index (κ1) is 21.0. The van der Waals surface area contributed by atoms with E-state index in [1.807, 2.05) is 12.1 Å². The smallest absolute Gasteiger partial charge is 0.490 e. The maximum absolute atomic E-state index is 13.2. The van der Waals surface area contributed by atoms with Gasteiger partial charge in [0.15, 0.2) is 0 Å². The highest BCUT2D eigenvalue weighted by molar-refractivity contribution is 5.85. The average Bonchev–Trinajstić information content (AvgIpc) is 3.21. The molecule has 164 valence electrons. The van der Waals surface area contributed by atoms with Crippen molar-refractivity contribution in [3.8, 4) is 5.75 Å². The molecular formula is C21H25F3N2O4. The number of nitrogens with zero attached hydrogens (tertiary/aromatic N) is 1. The maximum atomic E-state index is 13.2. The lowest BCUT2D eigenvalue weighted by Gasteiger charge is -2.38. The minimum atomic E-state index is -5.08. The normalized spacial score (nSPS) is 31.7. The number of piperidine rings is 1. The zero-order valence-corrected chi connectivity index (χ0v) is 16.5. The van der Waals surface area contributed by atoms with Gasteiger partial charge in [0.2, 0.25) is 5.91 Å². The molecule has 2 unspecified atom stereocenters. The van der Waals surface area contributed by atoms with E-state index in [1.165, 1.54) is 12.0 Å². The number of carbonyl (C=O) groups is 2. The lowest BCUT2D eigenvalue weighted by molar-refractivity contribution is -0.192. The van der Waals surface area contributed by atoms with Crippen LogP contribution in [0, 0.1) is 11.8 Å². The number of aliphatic carboxylic acids is 1. The zero-order chi connectivity index (χ0) is 21.5. The number of ether oxygens (including phenoxy) is 1. The second-order valence-electron chi connectivity index (χ2n) is 8.47. The van der Waals surface area contributed by atoms with Crippen molar-refractivity contribution in [1.82, 2.24) is 10.2 Å². The number of hydrogen-bond acceptors (Lipinski definition) is 4. The molecule has 2 saturated heterocycles. The van der Waals surface area contributed by atoms with E-state index in [0.29, 0.717) is 17.9 Å². The molecule has 1 aliphatic carbocycles. The number of fused-ring (bicyclic) bond motifs is 3. The van der Waals surface area contributed by atoms with Gasteiger partial charge in [-0.1, -0.05) is 18.2 Å². The summed E-state index contributed by atoms with van der Waals surface area (Å²) in [6.45, 7) is 3.76. The van der Waals surface area contributed by atoms with Crippen LogP contribution in [-0.4, -0.2) is 60.3 Å². The highest BCUT2D eigenvalue weighted by Gasteiger charge is 2.62. The average molecular weight is 426 g/mol. The van der Waals surface area contributed by atoms with Gasteiger partial charge in [-0.25, -0.2) is 4.79 Å². The molecule has 1 spiro atoms. The number of hydrogen-bond donors (Lipinski definition) is 2. The van der Waals surface area contributed by atoms with Gasteiger partial charge in [-0.15, -0.1) is 0 Å². The molecule has 3 fully saturated rings. The van der Waals surface area contributed by atoms with E-state index < -0.39 is 12.1 Å². The molecule has 0 bridgehead atoms. The summed E-state index contributed by atoms with van der Waals surface area (Å²) in [6, 6.07) is 8.75. The largest absolute Gasteiger partial charge is 0.493 e. The van der Waals surface area contributed by atoms with Crippen molar-refractivity contribution < 1.29 is 32.6 Å². The van der Waals surface area contributed by atoms with Crippen molar-refractivity contribution in [1.29, 1.82) is 0 Å². The molecule has 1 aromatic carbocycles. The van der Waals surface area contributed by atoms with Gasteiger partial charge >= 0.3 is 12.1 Å². The summed E-state index contributed by atoms with van der Waals surface area (Å²) in [7, 11) is 0. The highest BCUT2D eigenvalue weighted by atomic mass is 19.4. The first-order valence-corrected chi connectivity index (χ1v) is 10.3. The number of carboxylic acids is 1. The molecule has 0 aromatic heterocycles. The Hall–Kier alpha value is -2.29. The van der Waals surface area contributed by atoms with Crippen LogP contribution in [0.4, 0.5) is 13.2 Å². The van der Waals surface area contributed by atoms with E-state index in [4.69, 9.17) is 14.6 Å². The van der Waals surface area contributed by atoms with Gasteiger partial charge in [0.05, 0.1) is 6.61 Å². The van der Waals surface area contributed by atoms with E-state index in [2.05, 4.69) is 22.3 Å². The molecule has 3 heterocycles. The first-order valence-electron chi connectivity index (χ1n) is 10.3. The van der Waals surface area contributed by atoms with Crippen molar-refractivity contribution in [2.75, 3.05) is 26.2 Å². The topological polar surface area (TPSA) is 78.9 Å². The number of likely N-dealkylation sites (tertiary alicyclic amines) is 1. The zero-order valence-electron chi connectivity index (χ0n) is 16.5. The lowest BCUT2D eigenvalue weighted by atomic mass is 9.86. The molecule has 4 atom stereocenters. The van der Waals surface area contributed by atoms with Gasteiger partial charge in [-0.3, -0.25) is 4.79 Å². The van der Waals surface area contributed by atoms with Crippen LogP contribution in [0.3, 0.4) is 0 Å². The molecule has 6 nitrogen and oxygen atoms in total. The molecule has 1 amide bonds. The lowest BCUT2D eigenvalue weighted by Crippen LogP contribution is -2.49. The van der Waals surface area contributed by atoms with Crippen LogP contribution in [-0.2, 0) is 15.0 Å². The summed E-state index contributed by atoms with van der Waals surface area (Å²) < 4.78 is 37.5. The minimum absolute atomic E-state index is 0.0604. The van der Waals surface area contributed by atoms with Crippen LogP contribution in [0.25, 0.3) is 0 Å². The Morgan fingerprint density at radius 3 is 2.70 bits per heavy atom. The van der Waals surface area contributed by atoms with E-state index in [0.717, 1.165) is 51.3 Å². The van der Waals surface area contributed by atoms with Crippen molar-refractivity contribution in [3.63, 3.8) is 0 Å². The fraction of sp³-hybridized carbons (Fsp3) is 0.619. The monoisotopic (exact) mass is 426 g/mol. The number of para-hydroxylation sites is 1. The number of carbonyl (C=O) groups excluding carboxylic acids is 1. The van der Waals surface area contributed by atoms with Crippen LogP contribution in [0.5, 0.6) is 5.75 Å². The summed E-state index contributed by atoms with van der Waals surface area (Å²) in [6.07, 6.45) is -0.657. The van der Waals surface area contributed by atoms with Crippen molar-refractivity contribution in [2.45, 2.75) is 43.3 Å². The Morgan fingerprint density at radius 1 is 1.23 bits per heavy atom. The van der Waals surface area contributed by atoms with Crippen LogP contribution >= 0.6 is 0 Å². The number of halogens is 3. The van der Waals surface area contributed by atoms with Crippen LogP contribution in [0.15, 0.2) is 24.3 Å². The summed E-state index contributed by atoms with van der Waals surface area (Å²) in [5.74, 6) is -0.517. The summed E-state index contributed by atoms with van der Waals surface area (Å²) in [5, 5.41) is 10.6. The second kappa shape index (κ2) is 7.76. The molecule has 5 rings (SSSR count). The fourth-order valence-electron chi connectivity index (χ4n) is 5.23. The van der Waals surface area contributed by atoms with Crippen LogP contribution < -0.4 is 10.1 Å². The predicted octanol–water partition coefficient (Wildman–Crippen LogP) is 2.57. The number of benzene rings is 1. The molecule has 4 aliphatic rings. The maximum Gasteiger partial charge on any atom is 0.490 e. The Morgan fingerprint density at radius 2 is 1.97 bits per heavy atom. The number of carboxylic acid groups (broad SMARTS) is 1. The van der Waals surface area contributed by atoms with E-state index in [1.54, 1.807) is 0 Å². The van der Waals surface area contributed by atoms with E-state index in [9.17, 15) is 18.0 Å². The number of amides is 1. The third-order valence-electron chi connectivity index (χ3n) is 6.81. The van der Waals surface area contributed by atoms with E-state index >= 15 is 0 Å². The third-order valence-corrected chi connectivity index (χ3v) is 6.81. The molecule has 30 heavy (non-hydrogen) atoms. The van der Waals surface area contributed by atoms with Crippen LogP contribution in [0.1, 0.15) is 31.2 Å². The molecule has 1 saturated carbocycles. The third kappa shape index (κ3) is 3.75. The molecular weight excluding hydrogens is 401 g/mol. The molecule has 3 aliphatic heterocycles. The molecule has 9 heteroatoms. The fourth-order valence-corrected chi connectivity index (χ4v) is 5.23. The minimum Gasteiger partial charge on any atom is -0.493 e. The van der Waals surface area contributed by atoms with Crippen LogP contribution in [0.2, 0.25) is 0 Å². The Kier molecular flexibility index (Phi) is 5.42. The van der Waals surface area contributed by atoms with Crippen molar-refractivity contribution in [3.05, 3.63) is 29.8 Å². The summed E-state index contributed by atoms with van der Waals surface area (Å²) >= 11 is 0. The quantitative estimate of drug-likeness (QED) is 0.722. The van der Waals surface area contributed by atoms with Crippen molar-refractivity contribution in [2.24, 2.45) is 11.8 Å². The number of nitrogens with one attached hydrogen (secondary N) is 1. The predicted molar refractivity (Wildman–Crippen MR) is 101 cm³/mol. The molecule has 2 N–H and O–H groups in total. The Labute approximate surface area is 172 Å². The van der Waals surface area contributed by atoms with Crippen molar-refractivity contribution >= 4 is 11.9 Å². The number of alkyl halides is 3. The second-order valence-corrected chi connectivity index (χ2v) is 8.47. The van der Waals surface area contributed by atoms with Gasteiger partial charge in [-0.2, -0.15) is 13.2 Å². The number of rotatable bonds is 1. The first-order chi connectivity index (χ1) is 14.2. The van der Waals surface area contributed by atoms with Gasteiger partial charge < -0.3 is 20.1 Å². The van der Waals surface area contributed by atoms with Gasteiger partial charge in [0.1, 0.15) is 5.75 Å². The standard InChI is InChI=1S/C19H24N2O2.C2HF3O2/c22-18(21-8-3-4-13-11-20-12-16(13)21)15-10-19(15)7-9-23-17-6-2-1-5-14(17)19;3-2(4,5)1(6)7/h1-2,5-6,13,15-16,20H,3-4,7-12H2;(H,6,7)/t13-,15?,16+,19?;/m0./s1. The Balaban J connectivity index is 0.000000272. The molecule has 1 aromatic rings. The van der Waals surface area contributed by atoms with Gasteiger partial charge in [0.25, 0.3) is 0 Å². The molecule has 0 radical (unpaired) electrons. The SMILES string of the molecule is O=C(C1CC12CCOc1ccccc12)N1CCC[C@H]2CNC[C@H]21.O=C(O)C(F)(F)F. The van der Waals surface area contributed by atoms with E-state index in [-0.39, 0.29) is 11.3 Å². The van der Waals surface area contributed by atoms with Gasteiger partial charge in [-0.05, 0) is 37.7 Å². The summed E-state index contributed by atoms with van der Waals surface area (Å²) in [4.78, 5) is 24.4.